The third-order valence-corrected chi connectivity index (χ3v) is 5.78. The van der Waals surface area contributed by atoms with Gasteiger partial charge < -0.3 is 9.84 Å². The van der Waals surface area contributed by atoms with Crippen LogP contribution in [0.3, 0.4) is 0 Å². The Morgan fingerprint density at radius 3 is 2.36 bits per heavy atom. The van der Waals surface area contributed by atoms with Crippen LogP contribution in [-0.4, -0.2) is 23.4 Å². The fourth-order valence-corrected chi connectivity index (χ4v) is 4.15. The Balaban J connectivity index is 1.87. The van der Waals surface area contributed by atoms with E-state index in [2.05, 4.69) is 0 Å². The molecule has 168 valence electrons. The maximum absolute atomic E-state index is 13.3. The van der Waals surface area contributed by atoms with Crippen molar-refractivity contribution >= 4 is 23.1 Å². The minimum Gasteiger partial charge on any atom is -0.507 e. The smallest absolute Gasteiger partial charge is 0.300 e. The summed E-state index contributed by atoms with van der Waals surface area (Å²) in [5.74, 6) is -0.865. The monoisotopic (exact) mass is 441 g/mol. The van der Waals surface area contributed by atoms with Crippen molar-refractivity contribution in [3.63, 3.8) is 0 Å². The van der Waals surface area contributed by atoms with Crippen molar-refractivity contribution in [2.75, 3.05) is 11.5 Å². The van der Waals surface area contributed by atoms with Gasteiger partial charge in [0.1, 0.15) is 11.5 Å². The molecule has 1 heterocycles. The normalized spacial score (nSPS) is 17.4. The molecular weight excluding hydrogens is 414 g/mol. The number of Topliss-reactive ketones (excluding diaryl/α,β-unsaturated/α-hetero) is 1. The fourth-order valence-electron chi connectivity index (χ4n) is 4.15. The van der Waals surface area contributed by atoms with E-state index in [1.165, 1.54) is 4.90 Å². The minimum atomic E-state index is -0.734. The lowest BCUT2D eigenvalue weighted by atomic mass is 9.94. The molecule has 1 N–H and O–H groups in total. The zero-order chi connectivity index (χ0) is 23.5. The Morgan fingerprint density at radius 2 is 1.70 bits per heavy atom. The predicted octanol–water partition coefficient (Wildman–Crippen LogP) is 5.72. The highest BCUT2D eigenvalue weighted by molar-refractivity contribution is 6.51. The lowest BCUT2D eigenvalue weighted by Crippen LogP contribution is -2.30. The molecule has 0 radical (unpaired) electrons. The van der Waals surface area contributed by atoms with Crippen LogP contribution in [0.2, 0.25) is 0 Å². The molecule has 1 saturated heterocycles. The summed E-state index contributed by atoms with van der Waals surface area (Å²) in [6.45, 7) is 6.48. The molecule has 5 nitrogen and oxygen atoms in total. The molecule has 5 heteroatoms. The molecule has 0 spiro atoms. The Labute approximate surface area is 193 Å². The van der Waals surface area contributed by atoms with Crippen molar-refractivity contribution in [1.29, 1.82) is 0 Å². The second-order valence-corrected chi connectivity index (χ2v) is 8.24. The second-order valence-electron chi connectivity index (χ2n) is 8.24. The van der Waals surface area contributed by atoms with E-state index in [1.54, 1.807) is 24.3 Å². The average molecular weight is 442 g/mol. The number of para-hydroxylation sites is 1. The summed E-state index contributed by atoms with van der Waals surface area (Å²) in [4.78, 5) is 28.0. The van der Waals surface area contributed by atoms with E-state index < -0.39 is 17.7 Å². The zero-order valence-corrected chi connectivity index (χ0v) is 19.0. The quantitative estimate of drug-likeness (QED) is 0.302. The number of nitrogens with zero attached hydrogens (tertiary/aromatic N) is 1. The van der Waals surface area contributed by atoms with Crippen LogP contribution in [0.5, 0.6) is 5.75 Å². The minimum absolute atomic E-state index is 0.0797. The summed E-state index contributed by atoms with van der Waals surface area (Å²) in [5, 5.41) is 11.2. The first-order chi connectivity index (χ1) is 15.9. The third-order valence-electron chi connectivity index (χ3n) is 5.78. The Kier molecular flexibility index (Phi) is 6.31. The Hall–Kier alpha value is -3.86. The van der Waals surface area contributed by atoms with Crippen LogP contribution in [0, 0.1) is 13.8 Å². The Bertz CT molecular complexity index is 1230. The maximum Gasteiger partial charge on any atom is 0.300 e. The summed E-state index contributed by atoms with van der Waals surface area (Å²) in [5.41, 5.74) is 3.82. The van der Waals surface area contributed by atoms with Crippen molar-refractivity contribution in [3.05, 3.63) is 101 Å². The molecule has 0 aromatic heterocycles. The van der Waals surface area contributed by atoms with Gasteiger partial charge in [-0.2, -0.15) is 0 Å². The molecule has 1 unspecified atom stereocenters. The van der Waals surface area contributed by atoms with Crippen molar-refractivity contribution in [1.82, 2.24) is 0 Å². The van der Waals surface area contributed by atoms with Gasteiger partial charge in [-0.25, -0.2) is 0 Å². The Morgan fingerprint density at radius 1 is 0.970 bits per heavy atom. The molecule has 4 rings (SSSR count). The number of rotatable bonds is 6. The van der Waals surface area contributed by atoms with E-state index in [0.717, 1.165) is 23.1 Å². The number of benzene rings is 3. The van der Waals surface area contributed by atoms with Gasteiger partial charge in [0.25, 0.3) is 11.7 Å². The number of amides is 1. The number of aliphatic hydroxyl groups excluding tert-OH is 1. The van der Waals surface area contributed by atoms with E-state index in [9.17, 15) is 14.7 Å². The molecule has 1 amide bonds. The number of aryl methyl sites for hydroxylation is 2. The van der Waals surface area contributed by atoms with Gasteiger partial charge in [-0.3, -0.25) is 14.5 Å². The molecule has 33 heavy (non-hydrogen) atoms. The lowest BCUT2D eigenvalue weighted by molar-refractivity contribution is -0.132. The standard InChI is InChI=1S/C28H27NO4/c1-4-16-33-22-14-12-20(13-15-22)26(30)24-25(21-10-7-8-18(2)17-21)29(28(32)27(24)31)23-11-6-5-9-19(23)3/h5-15,17,25,30H,4,16H2,1-3H3/b26-24-. The highest BCUT2D eigenvalue weighted by Crippen LogP contribution is 2.43. The number of carbonyl (C=O) groups is 2. The van der Waals surface area contributed by atoms with Gasteiger partial charge in [0.05, 0.1) is 18.2 Å². The SMILES string of the molecule is CCCOc1ccc(/C(O)=C2/C(=O)C(=O)N(c3ccccc3C)C2c2cccc(C)c2)cc1. The summed E-state index contributed by atoms with van der Waals surface area (Å²) in [6.07, 6.45) is 0.889. The number of anilines is 1. The van der Waals surface area contributed by atoms with Crippen LogP contribution in [0.15, 0.2) is 78.4 Å². The zero-order valence-electron chi connectivity index (χ0n) is 19.0. The number of aliphatic hydroxyl groups is 1. The largest absolute Gasteiger partial charge is 0.507 e. The van der Waals surface area contributed by atoms with Gasteiger partial charge in [0.15, 0.2) is 0 Å². The second kappa shape index (κ2) is 9.33. The van der Waals surface area contributed by atoms with Gasteiger partial charge in [0.2, 0.25) is 0 Å². The molecule has 0 aliphatic carbocycles. The predicted molar refractivity (Wildman–Crippen MR) is 129 cm³/mol. The summed E-state index contributed by atoms with van der Waals surface area (Å²) in [6, 6.07) is 21.3. The molecule has 1 fully saturated rings. The third kappa shape index (κ3) is 4.27. The molecule has 3 aromatic carbocycles. The van der Waals surface area contributed by atoms with Crippen LogP contribution in [0.1, 0.15) is 41.6 Å². The molecule has 0 bridgehead atoms. The van der Waals surface area contributed by atoms with E-state index in [4.69, 9.17) is 4.74 Å². The topological polar surface area (TPSA) is 66.8 Å². The summed E-state index contributed by atoms with van der Waals surface area (Å²) in [7, 11) is 0. The van der Waals surface area contributed by atoms with Gasteiger partial charge >= 0.3 is 0 Å². The maximum atomic E-state index is 13.3. The van der Waals surface area contributed by atoms with Gasteiger partial charge in [-0.05, 0) is 61.7 Å². The molecule has 1 aliphatic rings. The highest BCUT2D eigenvalue weighted by atomic mass is 16.5. The number of hydrogen-bond donors (Lipinski definition) is 1. The number of carbonyl (C=O) groups excluding carboxylic acids is 2. The summed E-state index contributed by atoms with van der Waals surface area (Å²) >= 11 is 0. The molecular formula is C28H27NO4. The average Bonchev–Trinajstić information content (AvgIpc) is 3.08. The fraction of sp³-hybridized carbons (Fsp3) is 0.214. The molecule has 3 aromatic rings. The van der Waals surface area contributed by atoms with Crippen LogP contribution in [0.4, 0.5) is 5.69 Å². The van der Waals surface area contributed by atoms with Crippen LogP contribution in [0.25, 0.3) is 5.76 Å². The van der Waals surface area contributed by atoms with Gasteiger partial charge in [0, 0.05) is 11.3 Å². The van der Waals surface area contributed by atoms with Gasteiger partial charge in [-0.1, -0.05) is 55.0 Å². The summed E-state index contributed by atoms with van der Waals surface area (Å²) < 4.78 is 5.62. The lowest BCUT2D eigenvalue weighted by Gasteiger charge is -2.27. The van der Waals surface area contributed by atoms with E-state index in [1.807, 2.05) is 69.3 Å². The molecule has 0 saturated carbocycles. The highest BCUT2D eigenvalue weighted by Gasteiger charge is 2.47. The van der Waals surface area contributed by atoms with Crippen molar-refractivity contribution < 1.29 is 19.4 Å². The van der Waals surface area contributed by atoms with Crippen molar-refractivity contribution in [2.24, 2.45) is 0 Å². The number of ether oxygens (including phenoxy) is 1. The van der Waals surface area contributed by atoms with Gasteiger partial charge in [-0.15, -0.1) is 0 Å². The molecule has 1 atom stereocenters. The number of hydrogen-bond acceptors (Lipinski definition) is 4. The van der Waals surface area contributed by atoms with Crippen molar-refractivity contribution in [3.8, 4) is 5.75 Å². The number of ketones is 1. The molecule has 1 aliphatic heterocycles. The first-order valence-corrected chi connectivity index (χ1v) is 11.1. The van der Waals surface area contributed by atoms with Crippen LogP contribution >= 0.6 is 0 Å². The first-order valence-electron chi connectivity index (χ1n) is 11.1. The van der Waals surface area contributed by atoms with E-state index in [0.29, 0.717) is 23.6 Å². The van der Waals surface area contributed by atoms with Crippen LogP contribution < -0.4 is 9.64 Å². The van der Waals surface area contributed by atoms with Crippen molar-refractivity contribution in [2.45, 2.75) is 33.2 Å². The first kappa shape index (κ1) is 22.3. The van der Waals surface area contributed by atoms with E-state index in [-0.39, 0.29) is 11.3 Å². The van der Waals surface area contributed by atoms with E-state index >= 15 is 0 Å². The van der Waals surface area contributed by atoms with Crippen LogP contribution in [-0.2, 0) is 9.59 Å².